The molecule has 1 heterocycles. The molecule has 1 amide bonds. The predicted molar refractivity (Wildman–Crippen MR) is 119 cm³/mol. The SMILES string of the molecule is CN=CCOc1ccc(CCCCN=C(N)NC(=O)c2nc(Cl)c(N)nc2N)cc1. The lowest BCUT2D eigenvalue weighted by atomic mass is 10.1. The number of aromatic nitrogens is 2. The van der Waals surface area contributed by atoms with Gasteiger partial charge in [0, 0.05) is 19.8 Å². The molecule has 0 aliphatic heterocycles. The lowest BCUT2D eigenvalue weighted by Crippen LogP contribution is -2.38. The number of nitrogens with two attached hydrogens (primary N) is 3. The summed E-state index contributed by atoms with van der Waals surface area (Å²) in [5.41, 5.74) is 17.9. The fraction of sp³-hybridized carbons (Fsp3) is 0.316. The number of aliphatic imine (C=N–C) groups is 2. The second-order valence-corrected chi connectivity index (χ2v) is 6.57. The fourth-order valence-electron chi connectivity index (χ4n) is 2.42. The summed E-state index contributed by atoms with van der Waals surface area (Å²) in [6, 6.07) is 7.92. The van der Waals surface area contributed by atoms with Gasteiger partial charge in [-0.1, -0.05) is 23.7 Å². The molecule has 30 heavy (non-hydrogen) atoms. The van der Waals surface area contributed by atoms with Crippen molar-refractivity contribution >= 4 is 41.3 Å². The van der Waals surface area contributed by atoms with Crippen LogP contribution in [0.5, 0.6) is 5.75 Å². The highest BCUT2D eigenvalue weighted by Crippen LogP contribution is 2.17. The Hall–Kier alpha value is -3.40. The first-order valence-corrected chi connectivity index (χ1v) is 9.60. The number of anilines is 2. The molecular weight excluding hydrogens is 408 g/mol. The maximum Gasteiger partial charge on any atom is 0.280 e. The molecule has 0 saturated carbocycles. The van der Waals surface area contributed by atoms with Crippen LogP contribution in [0.3, 0.4) is 0 Å². The van der Waals surface area contributed by atoms with Gasteiger partial charge in [-0.25, -0.2) is 9.97 Å². The van der Waals surface area contributed by atoms with Gasteiger partial charge in [-0.3, -0.25) is 20.1 Å². The number of nitrogens with zero attached hydrogens (tertiary/aromatic N) is 4. The average Bonchev–Trinajstić information content (AvgIpc) is 2.71. The minimum absolute atomic E-state index is 0.0359. The van der Waals surface area contributed by atoms with Crippen molar-refractivity contribution in [3.63, 3.8) is 0 Å². The molecule has 0 aliphatic carbocycles. The number of halogens is 1. The van der Waals surface area contributed by atoms with Gasteiger partial charge >= 0.3 is 0 Å². The summed E-state index contributed by atoms with van der Waals surface area (Å²) in [6.45, 7) is 0.920. The Balaban J connectivity index is 1.74. The van der Waals surface area contributed by atoms with Gasteiger partial charge in [0.25, 0.3) is 5.91 Å². The topological polar surface area (TPSA) is 167 Å². The second-order valence-electron chi connectivity index (χ2n) is 6.21. The molecule has 0 bridgehead atoms. The van der Waals surface area contributed by atoms with Crippen molar-refractivity contribution in [3.05, 3.63) is 40.7 Å². The van der Waals surface area contributed by atoms with Crippen LogP contribution < -0.4 is 27.3 Å². The summed E-state index contributed by atoms with van der Waals surface area (Å²) in [4.78, 5) is 27.7. The van der Waals surface area contributed by atoms with Crippen LogP contribution in [-0.4, -0.2) is 48.2 Å². The molecule has 1 aromatic heterocycles. The number of hydrogen-bond acceptors (Lipinski definition) is 8. The molecule has 0 aliphatic rings. The molecule has 1 aromatic carbocycles. The van der Waals surface area contributed by atoms with Crippen molar-refractivity contribution in [2.24, 2.45) is 15.7 Å². The Morgan fingerprint density at radius 1 is 1.20 bits per heavy atom. The number of nitrogen functional groups attached to an aromatic ring is 2. The van der Waals surface area contributed by atoms with Gasteiger partial charge in [-0.2, -0.15) is 0 Å². The van der Waals surface area contributed by atoms with Crippen LogP contribution in [0.2, 0.25) is 5.15 Å². The first-order chi connectivity index (χ1) is 14.4. The van der Waals surface area contributed by atoms with Crippen LogP contribution in [0.15, 0.2) is 34.3 Å². The van der Waals surface area contributed by atoms with E-state index in [0.717, 1.165) is 25.0 Å². The summed E-state index contributed by atoms with van der Waals surface area (Å²) >= 11 is 5.76. The van der Waals surface area contributed by atoms with Crippen molar-refractivity contribution < 1.29 is 9.53 Å². The molecule has 160 valence electrons. The molecule has 0 unspecified atom stereocenters. The number of ether oxygens (including phenoxy) is 1. The van der Waals surface area contributed by atoms with Gasteiger partial charge in [0.15, 0.2) is 28.4 Å². The van der Waals surface area contributed by atoms with E-state index in [2.05, 4.69) is 25.3 Å². The third-order valence-electron chi connectivity index (χ3n) is 3.95. The highest BCUT2D eigenvalue weighted by molar-refractivity contribution is 6.31. The lowest BCUT2D eigenvalue weighted by Gasteiger charge is -2.07. The molecule has 0 saturated heterocycles. The Morgan fingerprint density at radius 3 is 2.63 bits per heavy atom. The number of carbonyl (C=O) groups is 1. The fourth-order valence-corrected chi connectivity index (χ4v) is 2.55. The molecule has 0 radical (unpaired) electrons. The molecular formula is C19H25ClN8O2. The minimum Gasteiger partial charge on any atom is -0.488 e. The molecule has 0 atom stereocenters. The number of amides is 1. The van der Waals surface area contributed by atoms with E-state index in [0.29, 0.717) is 13.2 Å². The number of aryl methyl sites for hydroxylation is 1. The summed E-state index contributed by atoms with van der Waals surface area (Å²) in [6.07, 6.45) is 4.32. The van der Waals surface area contributed by atoms with E-state index < -0.39 is 5.91 Å². The van der Waals surface area contributed by atoms with Crippen molar-refractivity contribution in [3.8, 4) is 5.75 Å². The zero-order valence-corrected chi connectivity index (χ0v) is 17.4. The van der Waals surface area contributed by atoms with Gasteiger partial charge in [0.05, 0.1) is 0 Å². The summed E-state index contributed by atoms with van der Waals surface area (Å²) in [5, 5.41) is 2.29. The molecule has 2 rings (SSSR count). The van der Waals surface area contributed by atoms with E-state index in [-0.39, 0.29) is 28.4 Å². The number of benzene rings is 1. The summed E-state index contributed by atoms with van der Waals surface area (Å²) in [7, 11) is 1.71. The second kappa shape index (κ2) is 11.6. The van der Waals surface area contributed by atoms with Gasteiger partial charge < -0.3 is 21.9 Å². The minimum atomic E-state index is -0.657. The molecule has 0 fully saturated rings. The first-order valence-electron chi connectivity index (χ1n) is 9.22. The van der Waals surface area contributed by atoms with Gasteiger partial charge in [-0.05, 0) is 37.0 Å². The lowest BCUT2D eigenvalue weighted by molar-refractivity contribution is 0.0972. The van der Waals surface area contributed by atoms with Crippen LogP contribution in [0.25, 0.3) is 0 Å². The van der Waals surface area contributed by atoms with Gasteiger partial charge in [-0.15, -0.1) is 0 Å². The number of unbranched alkanes of at least 4 members (excludes halogenated alkanes) is 1. The van der Waals surface area contributed by atoms with Crippen molar-refractivity contribution in [2.75, 3.05) is 31.7 Å². The monoisotopic (exact) mass is 432 g/mol. The molecule has 0 spiro atoms. The smallest absolute Gasteiger partial charge is 0.280 e. The average molecular weight is 433 g/mol. The van der Waals surface area contributed by atoms with E-state index in [1.54, 1.807) is 13.3 Å². The van der Waals surface area contributed by atoms with E-state index in [1.807, 2.05) is 24.3 Å². The number of guanidine groups is 1. The maximum absolute atomic E-state index is 12.2. The molecule has 11 heteroatoms. The highest BCUT2D eigenvalue weighted by atomic mass is 35.5. The quantitative estimate of drug-likeness (QED) is 0.264. The van der Waals surface area contributed by atoms with Crippen LogP contribution >= 0.6 is 11.6 Å². The van der Waals surface area contributed by atoms with E-state index in [9.17, 15) is 4.79 Å². The predicted octanol–water partition coefficient (Wildman–Crippen LogP) is 1.44. The van der Waals surface area contributed by atoms with E-state index >= 15 is 0 Å². The van der Waals surface area contributed by atoms with Crippen LogP contribution in [0.1, 0.15) is 28.9 Å². The standard InChI is InChI=1S/C19H25ClN8O2/c1-24-10-11-30-13-7-5-12(6-8-13)4-2-3-9-25-19(23)28-18(29)14-16(21)27-17(22)15(20)26-14/h5-8,10H,2-4,9,11H2,1H3,(H4,21,22,27)(H3,23,25,28,29). The third kappa shape index (κ3) is 7.21. The zero-order valence-electron chi connectivity index (χ0n) is 16.6. The Labute approximate surface area is 179 Å². The number of nitrogens with one attached hydrogen (secondary N) is 1. The first kappa shape index (κ1) is 22.9. The highest BCUT2D eigenvalue weighted by Gasteiger charge is 2.16. The van der Waals surface area contributed by atoms with Crippen molar-refractivity contribution in [2.45, 2.75) is 19.3 Å². The Kier molecular flexibility index (Phi) is 8.82. The number of rotatable bonds is 9. The molecule has 2 aromatic rings. The normalized spacial score (nSPS) is 11.6. The summed E-state index contributed by atoms with van der Waals surface area (Å²) in [5.74, 6) is -0.0843. The van der Waals surface area contributed by atoms with Crippen LogP contribution in [-0.2, 0) is 6.42 Å². The number of carbonyl (C=O) groups excluding carboxylic acids is 1. The van der Waals surface area contributed by atoms with E-state index in [4.69, 9.17) is 33.5 Å². The Bertz CT molecular complexity index is 915. The zero-order chi connectivity index (χ0) is 21.9. The maximum atomic E-state index is 12.2. The van der Waals surface area contributed by atoms with Crippen LogP contribution in [0, 0.1) is 0 Å². The summed E-state index contributed by atoms with van der Waals surface area (Å²) < 4.78 is 5.51. The van der Waals surface area contributed by atoms with Gasteiger partial charge in [0.2, 0.25) is 0 Å². The molecule has 10 nitrogen and oxygen atoms in total. The van der Waals surface area contributed by atoms with E-state index in [1.165, 1.54) is 5.56 Å². The van der Waals surface area contributed by atoms with Gasteiger partial charge in [0.1, 0.15) is 12.4 Å². The van der Waals surface area contributed by atoms with Crippen molar-refractivity contribution in [1.82, 2.24) is 15.3 Å². The molecule has 7 N–H and O–H groups in total. The number of hydrogen-bond donors (Lipinski definition) is 4. The largest absolute Gasteiger partial charge is 0.488 e. The third-order valence-corrected chi connectivity index (χ3v) is 4.23. The Morgan fingerprint density at radius 2 is 1.93 bits per heavy atom. The van der Waals surface area contributed by atoms with Crippen molar-refractivity contribution in [1.29, 1.82) is 0 Å². The van der Waals surface area contributed by atoms with Crippen LogP contribution in [0.4, 0.5) is 11.6 Å².